The molecule has 2 aromatic rings. The molecule has 0 amide bonds. The highest BCUT2D eigenvalue weighted by Gasteiger charge is 2.16. The molecule has 0 saturated heterocycles. The van der Waals surface area contributed by atoms with Gasteiger partial charge in [-0.15, -0.1) is 0 Å². The first-order chi connectivity index (χ1) is 9.24. The van der Waals surface area contributed by atoms with E-state index in [4.69, 9.17) is 11.6 Å². The van der Waals surface area contributed by atoms with Crippen LogP contribution in [0.5, 0.6) is 0 Å². The summed E-state index contributed by atoms with van der Waals surface area (Å²) in [7, 11) is 0. The fourth-order valence-corrected chi connectivity index (χ4v) is 3.23. The van der Waals surface area contributed by atoms with E-state index < -0.39 is 0 Å². The molecule has 1 aromatic heterocycles. The van der Waals surface area contributed by atoms with Gasteiger partial charge in [-0.1, -0.05) is 23.4 Å². The lowest BCUT2D eigenvalue weighted by molar-refractivity contribution is 0.610. The number of hydrogen-bond donors (Lipinski definition) is 1. The smallest absolute Gasteiger partial charge is 0.124 e. The van der Waals surface area contributed by atoms with Crippen LogP contribution in [0.3, 0.4) is 0 Å². The summed E-state index contributed by atoms with van der Waals surface area (Å²) in [6.45, 7) is 1.69. The van der Waals surface area contributed by atoms with E-state index in [0.29, 0.717) is 5.02 Å². The first kappa shape index (κ1) is 12.8. The van der Waals surface area contributed by atoms with Gasteiger partial charge in [-0.05, 0) is 31.2 Å². The molecule has 2 heterocycles. The molecule has 1 N–H and O–H groups in total. The molecule has 0 radical (unpaired) electrons. The number of fused-ring (bicyclic) bond motifs is 1. The van der Waals surface area contributed by atoms with E-state index in [0.717, 1.165) is 40.7 Å². The molecule has 0 saturated carbocycles. The summed E-state index contributed by atoms with van der Waals surface area (Å²) in [6, 6.07) is 4.40. The molecule has 1 aromatic carbocycles. The number of benzene rings is 1. The van der Waals surface area contributed by atoms with Crippen LogP contribution in [0.2, 0.25) is 5.02 Å². The number of nitrogens with zero attached hydrogens (tertiary/aromatic N) is 2. The van der Waals surface area contributed by atoms with Crippen molar-refractivity contribution in [2.45, 2.75) is 22.9 Å². The van der Waals surface area contributed by atoms with Gasteiger partial charge < -0.3 is 5.32 Å². The molecule has 0 spiro atoms. The van der Waals surface area contributed by atoms with Gasteiger partial charge in [0.05, 0.1) is 10.7 Å². The Morgan fingerprint density at radius 2 is 2.21 bits per heavy atom. The van der Waals surface area contributed by atoms with E-state index in [1.165, 1.54) is 23.9 Å². The molecule has 1 aliphatic heterocycles. The van der Waals surface area contributed by atoms with Crippen LogP contribution in [-0.4, -0.2) is 16.5 Å². The number of hydrogen-bond acceptors (Lipinski definition) is 4. The largest absolute Gasteiger partial charge is 0.311 e. The van der Waals surface area contributed by atoms with Gasteiger partial charge >= 0.3 is 0 Å². The minimum atomic E-state index is -0.330. The number of nitrogens with one attached hydrogen (secondary N) is 1. The van der Waals surface area contributed by atoms with Crippen molar-refractivity contribution in [3.63, 3.8) is 0 Å². The van der Waals surface area contributed by atoms with Crippen molar-refractivity contribution >= 4 is 23.4 Å². The summed E-state index contributed by atoms with van der Waals surface area (Å²) in [4.78, 5) is 9.41. The zero-order valence-electron chi connectivity index (χ0n) is 9.99. The minimum absolute atomic E-state index is 0.330. The lowest BCUT2D eigenvalue weighted by Crippen LogP contribution is -2.25. The van der Waals surface area contributed by atoms with E-state index in [2.05, 4.69) is 15.3 Å². The van der Waals surface area contributed by atoms with Gasteiger partial charge in [-0.25, -0.2) is 14.4 Å². The third kappa shape index (κ3) is 2.73. The van der Waals surface area contributed by atoms with Crippen molar-refractivity contribution in [1.29, 1.82) is 0 Å². The Bertz CT molecular complexity index is 621. The van der Waals surface area contributed by atoms with Gasteiger partial charge in [0.15, 0.2) is 0 Å². The Morgan fingerprint density at radius 1 is 1.32 bits per heavy atom. The molecular formula is C13H11ClFN3S. The Balaban J connectivity index is 1.95. The van der Waals surface area contributed by atoms with Crippen LogP contribution in [0.4, 0.5) is 4.39 Å². The molecule has 98 valence electrons. The van der Waals surface area contributed by atoms with Crippen LogP contribution in [0, 0.1) is 5.82 Å². The molecule has 0 fully saturated rings. The average Bonchev–Trinajstić information content (AvgIpc) is 2.42. The summed E-state index contributed by atoms with van der Waals surface area (Å²) < 4.78 is 13.0. The molecule has 3 nitrogen and oxygen atoms in total. The Morgan fingerprint density at radius 3 is 3.05 bits per heavy atom. The molecule has 0 atom stereocenters. The standard InChI is InChI=1S/C13H11ClFN3S/c14-10-5-8(15)1-2-12(10)19-13-9-3-4-16-6-11(9)17-7-18-13/h1-2,5,7,16H,3-4,6H2. The third-order valence-electron chi connectivity index (χ3n) is 2.94. The second-order valence-corrected chi connectivity index (χ2v) is 5.65. The van der Waals surface area contributed by atoms with E-state index in [1.54, 1.807) is 12.4 Å². The monoisotopic (exact) mass is 295 g/mol. The molecule has 3 rings (SSSR count). The van der Waals surface area contributed by atoms with Crippen LogP contribution in [0.25, 0.3) is 0 Å². The van der Waals surface area contributed by atoms with Crippen LogP contribution in [0.15, 0.2) is 34.4 Å². The molecule has 1 aliphatic rings. The van der Waals surface area contributed by atoms with Crippen LogP contribution >= 0.6 is 23.4 Å². The van der Waals surface area contributed by atoms with Crippen molar-refractivity contribution in [2.75, 3.05) is 6.54 Å². The van der Waals surface area contributed by atoms with Crippen molar-refractivity contribution in [3.05, 3.63) is 46.6 Å². The van der Waals surface area contributed by atoms with Gasteiger partial charge in [0.2, 0.25) is 0 Å². The van der Waals surface area contributed by atoms with Gasteiger partial charge in [0.25, 0.3) is 0 Å². The van der Waals surface area contributed by atoms with E-state index >= 15 is 0 Å². The quantitative estimate of drug-likeness (QED) is 0.864. The van der Waals surface area contributed by atoms with Gasteiger partial charge in [0, 0.05) is 17.0 Å². The number of rotatable bonds is 2. The molecule has 0 bridgehead atoms. The molecule has 6 heteroatoms. The number of aromatic nitrogens is 2. The Labute approximate surface area is 119 Å². The highest BCUT2D eigenvalue weighted by molar-refractivity contribution is 7.99. The predicted molar refractivity (Wildman–Crippen MR) is 73.0 cm³/mol. The minimum Gasteiger partial charge on any atom is -0.311 e. The molecule has 0 unspecified atom stereocenters. The van der Waals surface area contributed by atoms with E-state index in [-0.39, 0.29) is 5.82 Å². The summed E-state index contributed by atoms with van der Waals surface area (Å²) in [5, 5.41) is 4.59. The van der Waals surface area contributed by atoms with Gasteiger partial charge in [-0.3, -0.25) is 0 Å². The Hall–Kier alpha value is -1.17. The summed E-state index contributed by atoms with van der Waals surface area (Å²) in [5.41, 5.74) is 2.19. The molecular weight excluding hydrogens is 285 g/mol. The van der Waals surface area contributed by atoms with Crippen LogP contribution in [0.1, 0.15) is 11.3 Å². The second kappa shape index (κ2) is 5.45. The maximum Gasteiger partial charge on any atom is 0.124 e. The van der Waals surface area contributed by atoms with Crippen molar-refractivity contribution in [3.8, 4) is 0 Å². The molecule has 19 heavy (non-hydrogen) atoms. The topological polar surface area (TPSA) is 37.8 Å². The maximum atomic E-state index is 13.0. The van der Waals surface area contributed by atoms with Crippen LogP contribution < -0.4 is 5.32 Å². The SMILES string of the molecule is Fc1ccc(Sc2ncnc3c2CCNC3)c(Cl)c1. The van der Waals surface area contributed by atoms with Crippen molar-refractivity contribution in [2.24, 2.45) is 0 Å². The predicted octanol–water partition coefficient (Wildman–Crippen LogP) is 3.07. The zero-order chi connectivity index (χ0) is 13.2. The van der Waals surface area contributed by atoms with E-state index in [1.807, 2.05) is 0 Å². The normalized spacial score (nSPS) is 14.2. The summed E-state index contributed by atoms with van der Waals surface area (Å²) >= 11 is 7.51. The lowest BCUT2D eigenvalue weighted by Gasteiger charge is -2.18. The Kier molecular flexibility index (Phi) is 3.68. The second-order valence-electron chi connectivity index (χ2n) is 4.21. The van der Waals surface area contributed by atoms with Crippen LogP contribution in [-0.2, 0) is 13.0 Å². The third-order valence-corrected chi connectivity index (χ3v) is 4.49. The van der Waals surface area contributed by atoms with Gasteiger partial charge in [0.1, 0.15) is 17.2 Å². The van der Waals surface area contributed by atoms with Crippen molar-refractivity contribution < 1.29 is 4.39 Å². The highest BCUT2D eigenvalue weighted by atomic mass is 35.5. The fraction of sp³-hybridized carbons (Fsp3) is 0.231. The zero-order valence-corrected chi connectivity index (χ0v) is 11.6. The van der Waals surface area contributed by atoms with E-state index in [9.17, 15) is 4.39 Å². The summed E-state index contributed by atoms with van der Waals surface area (Å²) in [5.74, 6) is -0.330. The van der Waals surface area contributed by atoms with Gasteiger partial charge in [-0.2, -0.15) is 0 Å². The summed E-state index contributed by atoms with van der Waals surface area (Å²) in [6.07, 6.45) is 2.46. The molecule has 0 aliphatic carbocycles. The highest BCUT2D eigenvalue weighted by Crippen LogP contribution is 2.35. The number of halogens is 2. The first-order valence-electron chi connectivity index (χ1n) is 5.90. The average molecular weight is 296 g/mol. The fourth-order valence-electron chi connectivity index (χ4n) is 2.00. The first-order valence-corrected chi connectivity index (χ1v) is 7.10. The van der Waals surface area contributed by atoms with Crippen molar-refractivity contribution in [1.82, 2.24) is 15.3 Å². The maximum absolute atomic E-state index is 13.0. The lowest BCUT2D eigenvalue weighted by atomic mass is 10.1.